The van der Waals surface area contributed by atoms with E-state index < -0.39 is 5.91 Å². The maximum atomic E-state index is 12.5. The summed E-state index contributed by atoms with van der Waals surface area (Å²) in [6, 6.07) is 12.1. The number of rotatable bonds is 7. The van der Waals surface area contributed by atoms with Crippen molar-refractivity contribution in [3.05, 3.63) is 47.5 Å². The first kappa shape index (κ1) is 19.7. The molecule has 0 atom stereocenters. The fourth-order valence-electron chi connectivity index (χ4n) is 2.44. The fraction of sp³-hybridized carbons (Fsp3) is 0.200. The number of nitrogens with one attached hydrogen (secondary N) is 1. The van der Waals surface area contributed by atoms with Crippen molar-refractivity contribution >= 4 is 17.7 Å². The average Bonchev–Trinajstić information content (AvgIpc) is 2.71. The van der Waals surface area contributed by atoms with Gasteiger partial charge in [-0.1, -0.05) is 12.1 Å². The summed E-state index contributed by atoms with van der Waals surface area (Å²) in [5.41, 5.74) is 0.933. The molecule has 1 N–H and O–H groups in total. The Morgan fingerprint density at radius 2 is 1.56 bits per heavy atom. The van der Waals surface area contributed by atoms with Crippen LogP contribution in [0.15, 0.2) is 42.0 Å². The molecule has 27 heavy (non-hydrogen) atoms. The highest BCUT2D eigenvalue weighted by molar-refractivity contribution is 6.10. The maximum absolute atomic E-state index is 12.5. The van der Waals surface area contributed by atoms with E-state index >= 15 is 0 Å². The lowest BCUT2D eigenvalue weighted by Gasteiger charge is -2.13. The summed E-state index contributed by atoms with van der Waals surface area (Å²) in [7, 11) is 5.98. The number of nitriles is 1. The lowest BCUT2D eigenvalue weighted by Crippen LogP contribution is -2.14. The quantitative estimate of drug-likeness (QED) is 0.596. The van der Waals surface area contributed by atoms with E-state index in [2.05, 4.69) is 5.32 Å². The molecule has 0 radical (unpaired) electrons. The van der Waals surface area contributed by atoms with Crippen LogP contribution in [-0.2, 0) is 4.79 Å². The molecular formula is C20H20N2O5. The minimum absolute atomic E-state index is 0.0878. The smallest absolute Gasteiger partial charge is 0.266 e. The van der Waals surface area contributed by atoms with Crippen LogP contribution in [0.25, 0.3) is 6.08 Å². The molecule has 0 unspecified atom stereocenters. The SMILES string of the molecule is COc1ccccc1NC(=O)C(C#N)=Cc1cc(OC)c(OC)c(OC)c1. The summed E-state index contributed by atoms with van der Waals surface area (Å²) >= 11 is 0. The van der Waals surface area contributed by atoms with E-state index in [4.69, 9.17) is 18.9 Å². The first-order chi connectivity index (χ1) is 13.1. The van der Waals surface area contributed by atoms with E-state index in [1.807, 2.05) is 6.07 Å². The number of ether oxygens (including phenoxy) is 4. The molecule has 0 fully saturated rings. The fourth-order valence-corrected chi connectivity index (χ4v) is 2.44. The number of hydrogen-bond acceptors (Lipinski definition) is 6. The predicted molar refractivity (Wildman–Crippen MR) is 101 cm³/mol. The summed E-state index contributed by atoms with van der Waals surface area (Å²) in [5.74, 6) is 1.21. The lowest BCUT2D eigenvalue weighted by molar-refractivity contribution is -0.112. The van der Waals surface area contributed by atoms with E-state index in [1.54, 1.807) is 36.4 Å². The van der Waals surface area contributed by atoms with E-state index in [0.29, 0.717) is 34.2 Å². The summed E-state index contributed by atoms with van der Waals surface area (Å²) in [6.45, 7) is 0. The monoisotopic (exact) mass is 368 g/mol. The number of nitrogens with zero attached hydrogens (tertiary/aromatic N) is 1. The van der Waals surface area contributed by atoms with Gasteiger partial charge in [0.15, 0.2) is 11.5 Å². The summed E-state index contributed by atoms with van der Waals surface area (Å²) < 4.78 is 21.0. The first-order valence-corrected chi connectivity index (χ1v) is 7.94. The lowest BCUT2D eigenvalue weighted by atomic mass is 10.1. The second kappa shape index (κ2) is 9.15. The van der Waals surface area contributed by atoms with Gasteiger partial charge >= 0.3 is 0 Å². The van der Waals surface area contributed by atoms with E-state index in [9.17, 15) is 10.1 Å². The zero-order chi connectivity index (χ0) is 19.8. The third-order valence-electron chi connectivity index (χ3n) is 3.72. The molecule has 0 aliphatic rings. The molecule has 0 aromatic heterocycles. The number of para-hydroxylation sites is 2. The molecule has 0 heterocycles. The third-order valence-corrected chi connectivity index (χ3v) is 3.72. The number of amides is 1. The van der Waals surface area contributed by atoms with E-state index in [1.165, 1.54) is 34.5 Å². The van der Waals surface area contributed by atoms with Crippen molar-refractivity contribution in [2.75, 3.05) is 33.8 Å². The van der Waals surface area contributed by atoms with E-state index in [0.717, 1.165) is 0 Å². The average molecular weight is 368 g/mol. The Hall–Kier alpha value is -3.66. The molecule has 2 aromatic rings. The van der Waals surface area contributed by atoms with Crippen molar-refractivity contribution in [3.63, 3.8) is 0 Å². The number of carbonyl (C=O) groups is 1. The van der Waals surface area contributed by atoms with Crippen molar-refractivity contribution in [1.29, 1.82) is 5.26 Å². The third kappa shape index (κ3) is 4.50. The van der Waals surface area contributed by atoms with Gasteiger partial charge in [-0.15, -0.1) is 0 Å². The molecule has 2 rings (SSSR count). The van der Waals surface area contributed by atoms with Gasteiger partial charge in [-0.05, 0) is 35.9 Å². The Morgan fingerprint density at radius 3 is 2.07 bits per heavy atom. The van der Waals surface area contributed by atoms with Gasteiger partial charge in [-0.25, -0.2) is 0 Å². The van der Waals surface area contributed by atoms with Gasteiger partial charge in [0, 0.05) is 0 Å². The second-order valence-corrected chi connectivity index (χ2v) is 5.28. The highest BCUT2D eigenvalue weighted by Gasteiger charge is 2.15. The van der Waals surface area contributed by atoms with Gasteiger partial charge in [0.25, 0.3) is 5.91 Å². The van der Waals surface area contributed by atoms with Gasteiger partial charge < -0.3 is 24.3 Å². The molecule has 0 saturated carbocycles. The molecule has 0 aliphatic heterocycles. The normalized spacial score (nSPS) is 10.6. The molecule has 0 aliphatic carbocycles. The van der Waals surface area contributed by atoms with Crippen molar-refractivity contribution in [1.82, 2.24) is 0 Å². The number of methoxy groups -OCH3 is 4. The van der Waals surface area contributed by atoms with Gasteiger partial charge in [0.1, 0.15) is 17.4 Å². The van der Waals surface area contributed by atoms with Crippen molar-refractivity contribution in [2.45, 2.75) is 0 Å². The summed E-state index contributed by atoms with van der Waals surface area (Å²) in [4.78, 5) is 12.5. The molecule has 0 saturated heterocycles. The molecule has 7 nitrogen and oxygen atoms in total. The van der Waals surface area contributed by atoms with Crippen LogP contribution in [0.1, 0.15) is 5.56 Å². The van der Waals surface area contributed by atoms with Crippen LogP contribution in [-0.4, -0.2) is 34.3 Å². The Balaban J connectivity index is 2.38. The first-order valence-electron chi connectivity index (χ1n) is 7.94. The van der Waals surface area contributed by atoms with Crippen LogP contribution in [0.3, 0.4) is 0 Å². The molecule has 2 aromatic carbocycles. The van der Waals surface area contributed by atoms with Gasteiger partial charge in [0.2, 0.25) is 5.75 Å². The minimum atomic E-state index is -0.559. The molecular weight excluding hydrogens is 348 g/mol. The van der Waals surface area contributed by atoms with E-state index in [-0.39, 0.29) is 5.57 Å². The van der Waals surface area contributed by atoms with Crippen LogP contribution >= 0.6 is 0 Å². The minimum Gasteiger partial charge on any atom is -0.495 e. The van der Waals surface area contributed by atoms with Crippen molar-refractivity contribution < 1.29 is 23.7 Å². The van der Waals surface area contributed by atoms with Crippen LogP contribution in [0.5, 0.6) is 23.0 Å². The Morgan fingerprint density at radius 1 is 0.963 bits per heavy atom. The number of benzene rings is 2. The van der Waals surface area contributed by atoms with Gasteiger partial charge in [-0.3, -0.25) is 4.79 Å². The highest BCUT2D eigenvalue weighted by atomic mass is 16.5. The Labute approximate surface area is 157 Å². The molecule has 0 spiro atoms. The zero-order valence-corrected chi connectivity index (χ0v) is 15.5. The largest absolute Gasteiger partial charge is 0.495 e. The Kier molecular flexibility index (Phi) is 6.67. The molecule has 1 amide bonds. The number of anilines is 1. The topological polar surface area (TPSA) is 89.8 Å². The predicted octanol–water partition coefficient (Wildman–Crippen LogP) is 3.27. The van der Waals surface area contributed by atoms with Crippen LogP contribution in [0.4, 0.5) is 5.69 Å². The standard InChI is InChI=1S/C20H20N2O5/c1-24-16-8-6-5-7-15(16)22-20(23)14(12-21)9-13-10-17(25-2)19(27-4)18(11-13)26-3/h5-11H,1-4H3,(H,22,23). The van der Waals surface area contributed by atoms with Gasteiger partial charge in [-0.2, -0.15) is 5.26 Å². The maximum Gasteiger partial charge on any atom is 0.266 e. The van der Waals surface area contributed by atoms with Crippen LogP contribution < -0.4 is 24.3 Å². The Bertz CT molecular complexity index is 874. The molecule has 7 heteroatoms. The van der Waals surface area contributed by atoms with Crippen molar-refractivity contribution in [2.24, 2.45) is 0 Å². The highest BCUT2D eigenvalue weighted by Crippen LogP contribution is 2.38. The zero-order valence-electron chi connectivity index (χ0n) is 15.5. The van der Waals surface area contributed by atoms with Crippen LogP contribution in [0.2, 0.25) is 0 Å². The summed E-state index contributed by atoms with van der Waals surface area (Å²) in [5, 5.41) is 12.1. The molecule has 140 valence electrons. The second-order valence-electron chi connectivity index (χ2n) is 5.28. The van der Waals surface area contributed by atoms with Crippen molar-refractivity contribution in [3.8, 4) is 29.1 Å². The number of carbonyl (C=O) groups excluding carboxylic acids is 1. The summed E-state index contributed by atoms with van der Waals surface area (Å²) in [6.07, 6.45) is 1.44. The van der Waals surface area contributed by atoms with Crippen LogP contribution in [0, 0.1) is 11.3 Å². The number of hydrogen-bond donors (Lipinski definition) is 1. The van der Waals surface area contributed by atoms with Gasteiger partial charge in [0.05, 0.1) is 34.1 Å². The molecule has 0 bridgehead atoms.